The number of nitrogens with two attached hydrogens (primary N) is 1. The predicted molar refractivity (Wildman–Crippen MR) is 69.9 cm³/mol. The number of hydrogen-bond acceptors (Lipinski definition) is 6. The van der Waals surface area contributed by atoms with Crippen LogP contribution in [0.3, 0.4) is 0 Å². The molecule has 0 aliphatic carbocycles. The standard InChI is InChI=1S/C11H17N7/c1-6-7(2)16-18(8(6)3)11-14-9(12)13-10(15-11)17(4)5/h1-5H3,(H2,12,13,14,15). The summed E-state index contributed by atoms with van der Waals surface area (Å²) in [5, 5.41) is 4.41. The van der Waals surface area contributed by atoms with Gasteiger partial charge in [0.25, 0.3) is 5.95 Å². The molecule has 2 aromatic rings. The lowest BCUT2D eigenvalue weighted by Gasteiger charge is -2.11. The van der Waals surface area contributed by atoms with E-state index in [1.807, 2.05) is 34.9 Å². The first-order chi connectivity index (χ1) is 8.40. The first-order valence-electron chi connectivity index (χ1n) is 5.62. The van der Waals surface area contributed by atoms with Crippen LogP contribution >= 0.6 is 0 Å². The zero-order chi connectivity index (χ0) is 13.4. The van der Waals surface area contributed by atoms with Crippen molar-refractivity contribution < 1.29 is 0 Å². The topological polar surface area (TPSA) is 85.8 Å². The highest BCUT2D eigenvalue weighted by molar-refractivity contribution is 5.37. The number of anilines is 2. The van der Waals surface area contributed by atoms with Crippen molar-refractivity contribution >= 4 is 11.9 Å². The molecule has 2 rings (SSSR count). The molecule has 96 valence electrons. The van der Waals surface area contributed by atoms with Crippen LogP contribution in [0.15, 0.2) is 0 Å². The van der Waals surface area contributed by atoms with Gasteiger partial charge in [0.2, 0.25) is 11.9 Å². The van der Waals surface area contributed by atoms with E-state index in [2.05, 4.69) is 20.1 Å². The van der Waals surface area contributed by atoms with Crippen LogP contribution in [0.4, 0.5) is 11.9 Å². The van der Waals surface area contributed by atoms with Crippen LogP contribution in [-0.2, 0) is 0 Å². The molecule has 2 heterocycles. The Morgan fingerprint density at radius 3 is 2.22 bits per heavy atom. The van der Waals surface area contributed by atoms with Gasteiger partial charge < -0.3 is 10.6 Å². The maximum atomic E-state index is 5.70. The second-order valence-electron chi connectivity index (χ2n) is 4.40. The van der Waals surface area contributed by atoms with Crippen LogP contribution in [0.5, 0.6) is 0 Å². The third-order valence-electron chi connectivity index (χ3n) is 2.87. The molecule has 0 saturated heterocycles. The third-order valence-corrected chi connectivity index (χ3v) is 2.87. The molecule has 18 heavy (non-hydrogen) atoms. The van der Waals surface area contributed by atoms with Crippen LogP contribution < -0.4 is 10.6 Å². The number of nitrogen functional groups attached to an aromatic ring is 1. The molecule has 0 aliphatic heterocycles. The Bertz CT molecular complexity index is 585. The third kappa shape index (κ3) is 1.99. The zero-order valence-corrected chi connectivity index (χ0v) is 11.3. The van der Waals surface area contributed by atoms with Gasteiger partial charge in [0.15, 0.2) is 0 Å². The number of rotatable bonds is 2. The Balaban J connectivity index is 2.60. The average molecular weight is 247 g/mol. The summed E-state index contributed by atoms with van der Waals surface area (Å²) in [5.41, 5.74) is 8.78. The van der Waals surface area contributed by atoms with Gasteiger partial charge in [0, 0.05) is 19.8 Å². The fourth-order valence-electron chi connectivity index (χ4n) is 1.58. The number of hydrogen-bond donors (Lipinski definition) is 1. The van der Waals surface area contributed by atoms with Crippen molar-refractivity contribution in [1.82, 2.24) is 24.7 Å². The van der Waals surface area contributed by atoms with E-state index in [1.54, 1.807) is 9.58 Å². The molecular formula is C11H17N7. The van der Waals surface area contributed by atoms with Crippen LogP contribution in [0.1, 0.15) is 17.0 Å². The molecule has 0 aliphatic rings. The van der Waals surface area contributed by atoms with Gasteiger partial charge in [-0.3, -0.25) is 0 Å². The second kappa shape index (κ2) is 4.25. The Hall–Kier alpha value is -2.18. The summed E-state index contributed by atoms with van der Waals surface area (Å²) in [5.74, 6) is 1.15. The lowest BCUT2D eigenvalue weighted by molar-refractivity contribution is 0.762. The highest BCUT2D eigenvalue weighted by atomic mass is 15.4. The van der Waals surface area contributed by atoms with Crippen LogP contribution in [0.2, 0.25) is 0 Å². The monoisotopic (exact) mass is 247 g/mol. The van der Waals surface area contributed by atoms with Gasteiger partial charge >= 0.3 is 0 Å². The van der Waals surface area contributed by atoms with Crippen molar-refractivity contribution in [2.75, 3.05) is 24.7 Å². The van der Waals surface area contributed by atoms with E-state index >= 15 is 0 Å². The van der Waals surface area contributed by atoms with Gasteiger partial charge in [0.05, 0.1) is 5.69 Å². The molecule has 0 unspecified atom stereocenters. The molecule has 0 aromatic carbocycles. The molecule has 0 bridgehead atoms. The van der Waals surface area contributed by atoms with Crippen LogP contribution in [-0.4, -0.2) is 38.8 Å². The predicted octanol–water partition coefficient (Wildman–Crippen LogP) is 0.631. The van der Waals surface area contributed by atoms with Crippen LogP contribution in [0.25, 0.3) is 5.95 Å². The van der Waals surface area contributed by atoms with E-state index in [0.717, 1.165) is 17.0 Å². The minimum absolute atomic E-state index is 0.189. The Labute approximate surface area is 106 Å². The molecule has 0 atom stereocenters. The average Bonchev–Trinajstić information content (AvgIpc) is 2.56. The molecule has 0 amide bonds. The molecule has 0 fully saturated rings. The number of aryl methyl sites for hydroxylation is 1. The fourth-order valence-corrected chi connectivity index (χ4v) is 1.58. The van der Waals surface area contributed by atoms with Gasteiger partial charge in [-0.25, -0.2) is 4.68 Å². The number of aromatic nitrogens is 5. The Kier molecular flexibility index (Phi) is 2.90. The summed E-state index contributed by atoms with van der Waals surface area (Å²) in [6.45, 7) is 5.95. The summed E-state index contributed by atoms with van der Waals surface area (Å²) in [7, 11) is 3.70. The van der Waals surface area contributed by atoms with Crippen LogP contribution in [0, 0.1) is 20.8 Å². The summed E-state index contributed by atoms with van der Waals surface area (Å²) in [6, 6.07) is 0. The van der Waals surface area contributed by atoms with E-state index in [1.165, 1.54) is 0 Å². The van der Waals surface area contributed by atoms with Crippen molar-refractivity contribution in [3.63, 3.8) is 0 Å². The van der Waals surface area contributed by atoms with Crippen molar-refractivity contribution in [1.29, 1.82) is 0 Å². The van der Waals surface area contributed by atoms with Gasteiger partial charge in [-0.05, 0) is 26.3 Å². The summed E-state index contributed by atoms with van der Waals surface area (Å²) >= 11 is 0. The lowest BCUT2D eigenvalue weighted by atomic mass is 10.2. The minimum Gasteiger partial charge on any atom is -0.368 e. The Morgan fingerprint density at radius 2 is 1.72 bits per heavy atom. The molecule has 2 N–H and O–H groups in total. The maximum absolute atomic E-state index is 5.70. The van der Waals surface area contributed by atoms with Gasteiger partial charge in [-0.1, -0.05) is 0 Å². The van der Waals surface area contributed by atoms with E-state index in [-0.39, 0.29) is 5.95 Å². The first-order valence-corrected chi connectivity index (χ1v) is 5.62. The highest BCUT2D eigenvalue weighted by Gasteiger charge is 2.13. The normalized spacial score (nSPS) is 10.7. The highest BCUT2D eigenvalue weighted by Crippen LogP contribution is 2.16. The molecule has 7 nitrogen and oxygen atoms in total. The summed E-state index contributed by atoms with van der Waals surface area (Å²) in [6.07, 6.45) is 0. The molecule has 0 spiro atoms. The zero-order valence-electron chi connectivity index (χ0n) is 11.3. The SMILES string of the molecule is Cc1nn(-c2nc(N)nc(N(C)C)n2)c(C)c1C. The largest absolute Gasteiger partial charge is 0.368 e. The van der Waals surface area contributed by atoms with E-state index in [9.17, 15) is 0 Å². The van der Waals surface area contributed by atoms with Gasteiger partial charge in [-0.2, -0.15) is 20.1 Å². The van der Waals surface area contributed by atoms with E-state index < -0.39 is 0 Å². The molecular weight excluding hydrogens is 230 g/mol. The van der Waals surface area contributed by atoms with E-state index in [4.69, 9.17) is 5.73 Å². The van der Waals surface area contributed by atoms with Crippen molar-refractivity contribution in [3.05, 3.63) is 17.0 Å². The quantitative estimate of drug-likeness (QED) is 0.837. The fraction of sp³-hybridized carbons (Fsp3) is 0.455. The summed E-state index contributed by atoms with van der Waals surface area (Å²) in [4.78, 5) is 14.3. The van der Waals surface area contributed by atoms with Gasteiger partial charge in [-0.15, -0.1) is 0 Å². The maximum Gasteiger partial charge on any atom is 0.257 e. The minimum atomic E-state index is 0.189. The molecule has 2 aromatic heterocycles. The second-order valence-corrected chi connectivity index (χ2v) is 4.40. The van der Waals surface area contributed by atoms with Crippen molar-refractivity contribution in [3.8, 4) is 5.95 Å². The smallest absolute Gasteiger partial charge is 0.257 e. The first kappa shape index (κ1) is 12.3. The number of nitrogens with zero attached hydrogens (tertiary/aromatic N) is 6. The van der Waals surface area contributed by atoms with Crippen molar-refractivity contribution in [2.24, 2.45) is 0 Å². The lowest BCUT2D eigenvalue weighted by Crippen LogP contribution is -2.17. The molecule has 0 saturated carbocycles. The molecule has 0 radical (unpaired) electrons. The Morgan fingerprint density at radius 1 is 1.06 bits per heavy atom. The van der Waals surface area contributed by atoms with E-state index in [0.29, 0.717) is 11.9 Å². The molecule has 7 heteroatoms. The summed E-state index contributed by atoms with van der Waals surface area (Å²) < 4.78 is 1.69. The van der Waals surface area contributed by atoms with Gasteiger partial charge in [0.1, 0.15) is 0 Å². The van der Waals surface area contributed by atoms with Crippen molar-refractivity contribution in [2.45, 2.75) is 20.8 Å².